The van der Waals surface area contributed by atoms with Gasteiger partial charge in [-0.15, -0.1) is 0 Å². The Morgan fingerprint density at radius 3 is 2.29 bits per heavy atom. The van der Waals surface area contributed by atoms with Crippen LogP contribution < -0.4 is 5.32 Å². The zero-order chi connectivity index (χ0) is 13.6. The van der Waals surface area contributed by atoms with Gasteiger partial charge in [-0.05, 0) is 27.7 Å². The number of ether oxygens (including phenoxy) is 2. The molecule has 0 saturated heterocycles. The molecular formula is C11H21NO5. The van der Waals surface area contributed by atoms with Crippen molar-refractivity contribution >= 4 is 12.1 Å². The van der Waals surface area contributed by atoms with E-state index in [4.69, 9.17) is 4.74 Å². The van der Waals surface area contributed by atoms with Crippen LogP contribution in [0.15, 0.2) is 0 Å². The summed E-state index contributed by atoms with van der Waals surface area (Å²) < 4.78 is 9.64. The van der Waals surface area contributed by atoms with Gasteiger partial charge >= 0.3 is 12.1 Å². The molecule has 2 atom stereocenters. The van der Waals surface area contributed by atoms with Gasteiger partial charge in [-0.2, -0.15) is 0 Å². The highest BCUT2D eigenvalue weighted by atomic mass is 16.6. The van der Waals surface area contributed by atoms with Crippen molar-refractivity contribution in [1.29, 1.82) is 0 Å². The summed E-state index contributed by atoms with van der Waals surface area (Å²) in [5.41, 5.74) is -0.593. The Kier molecular flexibility index (Phi) is 5.95. The Bertz CT molecular complexity index is 272. The van der Waals surface area contributed by atoms with Crippen LogP contribution in [0.1, 0.15) is 34.6 Å². The van der Waals surface area contributed by atoms with E-state index in [-0.39, 0.29) is 6.61 Å². The SMILES string of the molecule is CC(=O)OCC(O)[C@H](C)NC(=O)OC(C)(C)C. The zero-order valence-corrected chi connectivity index (χ0v) is 10.9. The van der Waals surface area contributed by atoms with E-state index in [1.807, 2.05) is 0 Å². The zero-order valence-electron chi connectivity index (χ0n) is 10.9. The molecule has 0 spiro atoms. The van der Waals surface area contributed by atoms with Gasteiger partial charge in [0.2, 0.25) is 0 Å². The Morgan fingerprint density at radius 2 is 1.88 bits per heavy atom. The first-order chi connectivity index (χ1) is 7.61. The summed E-state index contributed by atoms with van der Waals surface area (Å²) in [6.45, 7) is 7.91. The molecule has 0 radical (unpaired) electrons. The highest BCUT2D eigenvalue weighted by molar-refractivity contribution is 5.68. The minimum atomic E-state index is -0.966. The summed E-state index contributed by atoms with van der Waals surface area (Å²) in [6, 6.07) is -0.566. The van der Waals surface area contributed by atoms with Crippen molar-refractivity contribution in [1.82, 2.24) is 5.32 Å². The number of nitrogens with one attached hydrogen (secondary N) is 1. The number of hydrogen-bond donors (Lipinski definition) is 2. The molecule has 0 aliphatic rings. The normalized spacial score (nSPS) is 14.7. The van der Waals surface area contributed by atoms with E-state index in [0.717, 1.165) is 0 Å². The Labute approximate surface area is 101 Å². The molecule has 0 aliphatic carbocycles. The second-order valence-electron chi connectivity index (χ2n) is 4.80. The molecule has 0 aromatic rings. The molecule has 0 aromatic carbocycles. The van der Waals surface area contributed by atoms with Gasteiger partial charge in [0.1, 0.15) is 18.3 Å². The third-order valence-electron chi connectivity index (χ3n) is 1.78. The smallest absolute Gasteiger partial charge is 0.407 e. The van der Waals surface area contributed by atoms with Crippen LogP contribution in [0.2, 0.25) is 0 Å². The third-order valence-corrected chi connectivity index (χ3v) is 1.78. The van der Waals surface area contributed by atoms with Gasteiger partial charge in [0, 0.05) is 6.92 Å². The van der Waals surface area contributed by atoms with Crippen LogP contribution in [-0.4, -0.2) is 41.5 Å². The Hall–Kier alpha value is -1.30. The highest BCUT2D eigenvalue weighted by Gasteiger charge is 2.21. The summed E-state index contributed by atoms with van der Waals surface area (Å²) in [7, 11) is 0. The van der Waals surface area contributed by atoms with Crippen LogP contribution in [0.25, 0.3) is 0 Å². The van der Waals surface area contributed by atoms with Crippen molar-refractivity contribution in [3.05, 3.63) is 0 Å². The number of carbonyl (C=O) groups is 2. The van der Waals surface area contributed by atoms with Gasteiger partial charge in [-0.3, -0.25) is 4.79 Å². The topological polar surface area (TPSA) is 84.9 Å². The number of aliphatic hydroxyl groups excluding tert-OH is 1. The van der Waals surface area contributed by atoms with Crippen molar-refractivity contribution in [2.45, 2.75) is 52.4 Å². The fourth-order valence-corrected chi connectivity index (χ4v) is 0.937. The predicted octanol–water partition coefficient (Wildman–Crippen LogP) is 0.824. The van der Waals surface area contributed by atoms with Crippen LogP contribution in [0, 0.1) is 0 Å². The quantitative estimate of drug-likeness (QED) is 0.718. The number of aliphatic hydroxyl groups is 1. The van der Waals surface area contributed by atoms with Crippen LogP contribution in [0.5, 0.6) is 0 Å². The maximum atomic E-state index is 11.4. The van der Waals surface area contributed by atoms with E-state index in [9.17, 15) is 14.7 Å². The molecule has 0 aromatic heterocycles. The first kappa shape index (κ1) is 15.7. The Morgan fingerprint density at radius 1 is 1.35 bits per heavy atom. The summed E-state index contributed by atoms with van der Waals surface area (Å²) in [5.74, 6) is -0.478. The fourth-order valence-electron chi connectivity index (χ4n) is 0.937. The summed E-state index contributed by atoms with van der Waals surface area (Å²) in [4.78, 5) is 21.9. The molecule has 1 amide bonds. The van der Waals surface area contributed by atoms with E-state index < -0.39 is 29.8 Å². The van der Waals surface area contributed by atoms with Gasteiger partial charge in [-0.25, -0.2) is 4.79 Å². The summed E-state index contributed by atoms with van der Waals surface area (Å²) >= 11 is 0. The van der Waals surface area contributed by atoms with Crippen molar-refractivity contribution in [2.75, 3.05) is 6.61 Å². The second-order valence-corrected chi connectivity index (χ2v) is 4.80. The van der Waals surface area contributed by atoms with Gasteiger partial charge in [0.25, 0.3) is 0 Å². The van der Waals surface area contributed by atoms with Crippen LogP contribution in [0.3, 0.4) is 0 Å². The molecule has 100 valence electrons. The van der Waals surface area contributed by atoms with Gasteiger partial charge in [0.05, 0.1) is 6.04 Å². The molecule has 1 unspecified atom stereocenters. The van der Waals surface area contributed by atoms with Crippen molar-refractivity contribution in [3.63, 3.8) is 0 Å². The number of amides is 1. The molecule has 6 heteroatoms. The van der Waals surface area contributed by atoms with Crippen molar-refractivity contribution in [3.8, 4) is 0 Å². The standard InChI is InChI=1S/C11H21NO5/c1-7(9(14)6-16-8(2)13)12-10(15)17-11(3,4)5/h7,9,14H,6H2,1-5H3,(H,12,15)/t7-,9?/m0/s1. The lowest BCUT2D eigenvalue weighted by Crippen LogP contribution is -2.45. The maximum absolute atomic E-state index is 11.4. The second kappa shape index (κ2) is 6.44. The molecule has 0 aliphatic heterocycles. The molecule has 0 heterocycles. The molecule has 17 heavy (non-hydrogen) atoms. The first-order valence-electron chi connectivity index (χ1n) is 5.43. The van der Waals surface area contributed by atoms with Crippen molar-refractivity contribution < 1.29 is 24.2 Å². The van der Waals surface area contributed by atoms with Gasteiger partial charge in [0.15, 0.2) is 0 Å². The minimum absolute atomic E-state index is 0.160. The number of alkyl carbamates (subject to hydrolysis) is 1. The number of rotatable bonds is 4. The molecule has 0 bridgehead atoms. The van der Waals surface area contributed by atoms with E-state index in [0.29, 0.717) is 0 Å². The van der Waals surface area contributed by atoms with Crippen LogP contribution in [0.4, 0.5) is 4.79 Å². The monoisotopic (exact) mass is 247 g/mol. The molecule has 0 fully saturated rings. The largest absolute Gasteiger partial charge is 0.463 e. The lowest BCUT2D eigenvalue weighted by atomic mass is 10.2. The van der Waals surface area contributed by atoms with Crippen LogP contribution in [-0.2, 0) is 14.3 Å². The van der Waals surface area contributed by atoms with Crippen LogP contribution >= 0.6 is 0 Å². The molecule has 0 rings (SSSR count). The van der Waals surface area contributed by atoms with Crippen molar-refractivity contribution in [2.24, 2.45) is 0 Å². The van der Waals surface area contributed by atoms with Gasteiger partial charge < -0.3 is 19.9 Å². The average Bonchev–Trinajstić information content (AvgIpc) is 2.10. The third kappa shape index (κ3) is 8.50. The Balaban J connectivity index is 4.03. The average molecular weight is 247 g/mol. The molecular weight excluding hydrogens is 226 g/mol. The van der Waals surface area contributed by atoms with E-state index in [1.54, 1.807) is 27.7 Å². The maximum Gasteiger partial charge on any atom is 0.407 e. The molecule has 2 N–H and O–H groups in total. The lowest BCUT2D eigenvalue weighted by Gasteiger charge is -2.24. The van der Waals surface area contributed by atoms with Gasteiger partial charge in [-0.1, -0.05) is 0 Å². The van der Waals surface area contributed by atoms with E-state index in [2.05, 4.69) is 10.1 Å². The number of carbonyl (C=O) groups excluding carboxylic acids is 2. The van der Waals surface area contributed by atoms with E-state index >= 15 is 0 Å². The summed E-state index contributed by atoms with van der Waals surface area (Å²) in [5, 5.41) is 12.0. The first-order valence-corrected chi connectivity index (χ1v) is 5.43. The summed E-state index contributed by atoms with van der Waals surface area (Å²) in [6.07, 6.45) is -1.58. The predicted molar refractivity (Wildman–Crippen MR) is 61.5 cm³/mol. The minimum Gasteiger partial charge on any atom is -0.463 e. The lowest BCUT2D eigenvalue weighted by molar-refractivity contribution is -0.144. The number of esters is 1. The molecule has 6 nitrogen and oxygen atoms in total. The number of hydrogen-bond acceptors (Lipinski definition) is 5. The fraction of sp³-hybridized carbons (Fsp3) is 0.818. The molecule has 0 saturated carbocycles. The van der Waals surface area contributed by atoms with E-state index in [1.165, 1.54) is 6.92 Å². The highest BCUT2D eigenvalue weighted by Crippen LogP contribution is 2.07.